The van der Waals surface area contributed by atoms with Crippen LogP contribution in [0.2, 0.25) is 0 Å². The Kier molecular flexibility index (Phi) is 4.05. The molecule has 0 fully saturated rings. The van der Waals surface area contributed by atoms with Crippen molar-refractivity contribution in [3.05, 3.63) is 57.6 Å². The summed E-state index contributed by atoms with van der Waals surface area (Å²) in [6.45, 7) is 3.45. The predicted molar refractivity (Wildman–Crippen MR) is 88.1 cm³/mol. The topological polar surface area (TPSA) is 89.3 Å². The maximum atomic E-state index is 12.4. The fourth-order valence-corrected chi connectivity index (χ4v) is 3.98. The number of rotatable bonds is 4. The van der Waals surface area contributed by atoms with Gasteiger partial charge in [-0.3, -0.25) is 0 Å². The van der Waals surface area contributed by atoms with Gasteiger partial charge in [-0.1, -0.05) is 17.7 Å². The lowest BCUT2D eigenvalue weighted by atomic mass is 10.2. The van der Waals surface area contributed by atoms with Crippen LogP contribution in [0.15, 0.2) is 49.8 Å². The second-order valence-corrected chi connectivity index (χ2v) is 7.76. The van der Waals surface area contributed by atoms with E-state index in [1.165, 1.54) is 23.5 Å². The average Bonchev–Trinajstić information content (AvgIpc) is 2.96. The van der Waals surface area contributed by atoms with Crippen molar-refractivity contribution in [2.45, 2.75) is 24.8 Å². The third-order valence-corrected chi connectivity index (χ3v) is 5.73. The number of sulfonamides is 1. The first kappa shape index (κ1) is 15.9. The Morgan fingerprint density at radius 1 is 1.22 bits per heavy atom. The van der Waals surface area contributed by atoms with Crippen LogP contribution in [-0.2, 0) is 10.0 Å². The van der Waals surface area contributed by atoms with E-state index < -0.39 is 21.7 Å². The SMILES string of the molecule is Cc1ccc(S(=O)(=O)N[C@@H](C)c2nc3ccsc3c(=O)o2)cc1. The minimum absolute atomic E-state index is 0.0385. The highest BCUT2D eigenvalue weighted by molar-refractivity contribution is 7.89. The molecule has 0 aliphatic heterocycles. The van der Waals surface area contributed by atoms with Gasteiger partial charge in [-0.05, 0) is 37.4 Å². The number of aromatic nitrogens is 1. The van der Waals surface area contributed by atoms with Crippen molar-refractivity contribution in [2.24, 2.45) is 0 Å². The predicted octanol–water partition coefficient (Wildman–Crippen LogP) is 2.60. The fraction of sp³-hybridized carbons (Fsp3) is 0.200. The molecule has 0 saturated carbocycles. The summed E-state index contributed by atoms with van der Waals surface area (Å²) < 4.78 is 32.8. The number of nitrogens with zero attached hydrogens (tertiary/aromatic N) is 1. The van der Waals surface area contributed by atoms with E-state index in [0.717, 1.165) is 5.56 Å². The van der Waals surface area contributed by atoms with Crippen molar-refractivity contribution in [1.29, 1.82) is 0 Å². The molecule has 0 aliphatic carbocycles. The zero-order valence-corrected chi connectivity index (χ0v) is 14.1. The van der Waals surface area contributed by atoms with Crippen molar-refractivity contribution >= 4 is 31.6 Å². The Morgan fingerprint density at radius 2 is 1.91 bits per heavy atom. The van der Waals surface area contributed by atoms with Crippen molar-refractivity contribution in [3.63, 3.8) is 0 Å². The van der Waals surface area contributed by atoms with E-state index in [9.17, 15) is 13.2 Å². The molecule has 1 N–H and O–H groups in total. The van der Waals surface area contributed by atoms with Crippen LogP contribution >= 0.6 is 11.3 Å². The first-order valence-corrected chi connectivity index (χ1v) is 9.20. The van der Waals surface area contributed by atoms with Crippen molar-refractivity contribution in [3.8, 4) is 0 Å². The van der Waals surface area contributed by atoms with Crippen molar-refractivity contribution < 1.29 is 12.8 Å². The Hall–Kier alpha value is -2.03. The summed E-state index contributed by atoms with van der Waals surface area (Å²) in [5, 5.41) is 1.74. The smallest absolute Gasteiger partial charge is 0.357 e. The molecule has 23 heavy (non-hydrogen) atoms. The number of hydrogen-bond donors (Lipinski definition) is 1. The monoisotopic (exact) mass is 350 g/mol. The van der Waals surface area contributed by atoms with E-state index in [1.807, 2.05) is 6.92 Å². The highest BCUT2D eigenvalue weighted by atomic mass is 32.2. The van der Waals surface area contributed by atoms with E-state index in [2.05, 4.69) is 9.71 Å². The van der Waals surface area contributed by atoms with Crippen LogP contribution in [0, 0.1) is 6.92 Å². The Bertz CT molecular complexity index is 1000. The molecule has 0 spiro atoms. The molecule has 8 heteroatoms. The van der Waals surface area contributed by atoms with E-state index in [-0.39, 0.29) is 10.8 Å². The molecule has 1 atom stereocenters. The normalized spacial score (nSPS) is 13.3. The molecule has 3 rings (SSSR count). The largest absolute Gasteiger partial charge is 0.405 e. The number of nitrogens with one attached hydrogen (secondary N) is 1. The number of fused-ring (bicyclic) bond motifs is 1. The summed E-state index contributed by atoms with van der Waals surface area (Å²) in [4.78, 5) is 16.2. The van der Waals surface area contributed by atoms with Crippen LogP contribution in [0.1, 0.15) is 24.4 Å². The lowest BCUT2D eigenvalue weighted by molar-refractivity contribution is 0.405. The van der Waals surface area contributed by atoms with Gasteiger partial charge in [0, 0.05) is 0 Å². The molecule has 0 amide bonds. The van der Waals surface area contributed by atoms with E-state index in [0.29, 0.717) is 10.2 Å². The number of thiophene rings is 1. The van der Waals surface area contributed by atoms with Gasteiger partial charge in [0.15, 0.2) is 0 Å². The zero-order chi connectivity index (χ0) is 16.6. The highest BCUT2D eigenvalue weighted by Crippen LogP contribution is 2.19. The first-order chi connectivity index (χ1) is 10.9. The molecule has 2 aromatic heterocycles. The zero-order valence-electron chi connectivity index (χ0n) is 12.4. The van der Waals surface area contributed by atoms with Crippen LogP contribution in [0.4, 0.5) is 0 Å². The maximum Gasteiger partial charge on any atom is 0.357 e. The Labute approximate surface area is 136 Å². The van der Waals surface area contributed by atoms with Crippen LogP contribution < -0.4 is 10.3 Å². The number of benzene rings is 1. The lowest BCUT2D eigenvalue weighted by Gasteiger charge is -2.12. The highest BCUT2D eigenvalue weighted by Gasteiger charge is 2.21. The fourth-order valence-electron chi connectivity index (χ4n) is 2.08. The van der Waals surface area contributed by atoms with E-state index in [1.54, 1.807) is 30.5 Å². The van der Waals surface area contributed by atoms with Gasteiger partial charge in [-0.25, -0.2) is 18.2 Å². The quantitative estimate of drug-likeness (QED) is 0.781. The van der Waals surface area contributed by atoms with Gasteiger partial charge in [0.1, 0.15) is 4.70 Å². The average molecular weight is 350 g/mol. The minimum Gasteiger partial charge on any atom is -0.405 e. The molecule has 0 unspecified atom stereocenters. The second kappa shape index (κ2) is 5.88. The van der Waals surface area contributed by atoms with E-state index in [4.69, 9.17) is 4.42 Å². The summed E-state index contributed by atoms with van der Waals surface area (Å²) in [6, 6.07) is 7.41. The van der Waals surface area contributed by atoms with E-state index >= 15 is 0 Å². The molecule has 6 nitrogen and oxygen atoms in total. The van der Waals surface area contributed by atoms with Crippen molar-refractivity contribution in [1.82, 2.24) is 9.71 Å². The second-order valence-electron chi connectivity index (χ2n) is 5.13. The Morgan fingerprint density at radius 3 is 2.61 bits per heavy atom. The molecular weight excluding hydrogens is 336 g/mol. The lowest BCUT2D eigenvalue weighted by Crippen LogP contribution is -2.28. The third kappa shape index (κ3) is 3.19. The molecule has 0 radical (unpaired) electrons. The summed E-state index contributed by atoms with van der Waals surface area (Å²) in [5.74, 6) is 0.0385. The summed E-state index contributed by atoms with van der Waals surface area (Å²) >= 11 is 1.24. The molecular formula is C15H14N2O4S2. The van der Waals surface area contributed by atoms with Crippen LogP contribution in [0.3, 0.4) is 0 Å². The third-order valence-electron chi connectivity index (χ3n) is 3.29. The summed E-state index contributed by atoms with van der Waals surface area (Å²) in [5.41, 5.74) is 0.955. The molecule has 3 aromatic rings. The van der Waals surface area contributed by atoms with Gasteiger partial charge in [0.05, 0.1) is 16.5 Å². The van der Waals surface area contributed by atoms with Crippen LogP contribution in [0.25, 0.3) is 10.2 Å². The molecule has 120 valence electrons. The van der Waals surface area contributed by atoms with Gasteiger partial charge in [0.25, 0.3) is 0 Å². The summed E-state index contributed by atoms with van der Waals surface area (Å²) in [7, 11) is -3.73. The first-order valence-electron chi connectivity index (χ1n) is 6.84. The van der Waals surface area contributed by atoms with Gasteiger partial charge >= 0.3 is 5.63 Å². The van der Waals surface area contributed by atoms with Gasteiger partial charge in [-0.15, -0.1) is 11.3 Å². The molecule has 0 bridgehead atoms. The molecule has 2 heterocycles. The van der Waals surface area contributed by atoms with Gasteiger partial charge < -0.3 is 4.42 Å². The standard InChI is InChI=1S/C15H14N2O4S2/c1-9-3-5-11(6-4-9)23(19,20)17-10(2)14-16-12-7-8-22-13(12)15(18)21-14/h3-8,10,17H,1-2H3/t10-/m0/s1. The van der Waals surface area contributed by atoms with Gasteiger partial charge in [0.2, 0.25) is 15.9 Å². The maximum absolute atomic E-state index is 12.4. The van der Waals surface area contributed by atoms with Crippen LogP contribution in [-0.4, -0.2) is 13.4 Å². The number of aryl methyl sites for hydroxylation is 1. The molecule has 0 saturated heterocycles. The van der Waals surface area contributed by atoms with Crippen LogP contribution in [0.5, 0.6) is 0 Å². The Balaban J connectivity index is 1.91. The molecule has 1 aromatic carbocycles. The minimum atomic E-state index is -3.73. The molecule has 0 aliphatic rings. The number of hydrogen-bond acceptors (Lipinski definition) is 6. The van der Waals surface area contributed by atoms with Crippen molar-refractivity contribution in [2.75, 3.05) is 0 Å². The summed E-state index contributed by atoms with van der Waals surface area (Å²) in [6.07, 6.45) is 0. The van der Waals surface area contributed by atoms with Gasteiger partial charge in [-0.2, -0.15) is 4.72 Å².